The Hall–Kier alpha value is -0.240. The third-order valence-electron chi connectivity index (χ3n) is 3.82. The van der Waals surface area contributed by atoms with Crippen LogP contribution in [-0.2, 0) is 27.0 Å². The van der Waals surface area contributed by atoms with Crippen molar-refractivity contribution in [1.29, 1.82) is 0 Å². The van der Waals surface area contributed by atoms with Crippen LogP contribution in [0.5, 0.6) is 0 Å². The molecule has 0 amide bonds. The van der Waals surface area contributed by atoms with Gasteiger partial charge in [0.2, 0.25) is 0 Å². The van der Waals surface area contributed by atoms with Crippen LogP contribution in [0, 0.1) is 0 Å². The molecular formula is C17H19BrSiZr. The Balaban J connectivity index is 0.00000147. The molecule has 0 atom stereocenters. The Morgan fingerprint density at radius 1 is 0.900 bits per heavy atom. The fraction of sp³-hybridized carbons (Fsp3) is 0.176. The van der Waals surface area contributed by atoms with E-state index in [2.05, 4.69) is 66.8 Å². The van der Waals surface area contributed by atoms with Gasteiger partial charge in [0, 0.05) is 0 Å². The van der Waals surface area contributed by atoms with Crippen LogP contribution in [0.25, 0.3) is 0 Å². The third-order valence-corrected chi connectivity index (χ3v) is 21.7. The third kappa shape index (κ3) is 4.13. The summed E-state index contributed by atoms with van der Waals surface area (Å²) in [5.41, 5.74) is 1.56. The molecule has 0 heterocycles. The second-order valence-corrected chi connectivity index (χ2v) is 19.5. The molecule has 0 unspecified atom stereocenters. The van der Waals surface area contributed by atoms with Crippen molar-refractivity contribution in [3.8, 4) is 0 Å². The molecular weight excluding hydrogens is 403 g/mol. The smallest absolute Gasteiger partial charge is 1.00 e. The molecule has 2 aliphatic carbocycles. The van der Waals surface area contributed by atoms with Crippen LogP contribution in [0.4, 0.5) is 0 Å². The minimum absolute atomic E-state index is 0. The zero-order valence-electron chi connectivity index (χ0n) is 11.6. The summed E-state index contributed by atoms with van der Waals surface area (Å²) >= 11 is -1.41. The van der Waals surface area contributed by atoms with Crippen molar-refractivity contribution in [2.75, 3.05) is 0 Å². The second-order valence-electron chi connectivity index (χ2n) is 5.11. The molecule has 0 saturated heterocycles. The summed E-state index contributed by atoms with van der Waals surface area (Å²) in [6.45, 7) is 0.0483. The minimum Gasteiger partial charge on any atom is -1.00 e. The first-order valence-corrected chi connectivity index (χ1v) is 16.4. The van der Waals surface area contributed by atoms with Crippen molar-refractivity contribution in [1.82, 2.24) is 0 Å². The zero-order chi connectivity index (χ0) is 12.9. The number of hydrogen-bond acceptors (Lipinski definition) is 0. The summed E-state index contributed by atoms with van der Waals surface area (Å²) < 4.78 is 3.69. The molecule has 1 aromatic rings. The quantitative estimate of drug-likeness (QED) is 0.609. The fourth-order valence-corrected chi connectivity index (χ4v) is 20.4. The Morgan fingerprint density at radius 3 is 2.00 bits per heavy atom. The largest absolute Gasteiger partial charge is 1.00 e. The Morgan fingerprint density at radius 2 is 1.50 bits per heavy atom. The van der Waals surface area contributed by atoms with Gasteiger partial charge in [0.1, 0.15) is 0 Å². The SMILES string of the molecule is C1=CC[C]([Zr+]([SiH2]Cc2ccccc2)[C]2=CC=CC2)=C1.[Br-]. The summed E-state index contributed by atoms with van der Waals surface area (Å²) in [7, 11) is 0. The van der Waals surface area contributed by atoms with Gasteiger partial charge in [-0.15, -0.1) is 0 Å². The monoisotopic (exact) mass is 420 g/mol. The Kier molecular flexibility index (Phi) is 6.67. The van der Waals surface area contributed by atoms with Crippen molar-refractivity contribution in [2.45, 2.75) is 18.9 Å². The molecule has 0 aliphatic heterocycles. The normalized spacial score (nSPS) is 16.4. The molecule has 3 heteroatoms. The number of halogens is 1. The minimum atomic E-state index is -1.41. The maximum Gasteiger partial charge on any atom is -1.00 e. The van der Waals surface area contributed by atoms with Gasteiger partial charge in [0.25, 0.3) is 0 Å². The number of hydrogen-bond donors (Lipinski definition) is 0. The van der Waals surface area contributed by atoms with Crippen LogP contribution in [0.1, 0.15) is 18.4 Å². The van der Waals surface area contributed by atoms with Gasteiger partial charge in [-0.3, -0.25) is 0 Å². The van der Waals surface area contributed by atoms with Crippen molar-refractivity contribution >= 4 is 6.65 Å². The first-order valence-electron chi connectivity index (χ1n) is 7.05. The van der Waals surface area contributed by atoms with Gasteiger partial charge in [0.15, 0.2) is 0 Å². The Labute approximate surface area is 141 Å². The van der Waals surface area contributed by atoms with Gasteiger partial charge in [-0.05, 0) is 0 Å². The van der Waals surface area contributed by atoms with Gasteiger partial charge in [-0.2, -0.15) is 0 Å². The van der Waals surface area contributed by atoms with E-state index in [1.54, 1.807) is 5.56 Å². The molecule has 0 nitrogen and oxygen atoms in total. The van der Waals surface area contributed by atoms with E-state index in [1.807, 2.05) is 6.56 Å². The molecule has 0 radical (unpaired) electrons. The summed E-state index contributed by atoms with van der Waals surface area (Å²) in [6, 6.07) is 12.5. The first kappa shape index (κ1) is 16.1. The van der Waals surface area contributed by atoms with Crippen LogP contribution < -0.4 is 17.0 Å². The predicted octanol–water partition coefficient (Wildman–Crippen LogP) is 0.580. The molecule has 0 fully saturated rings. The molecule has 0 saturated carbocycles. The molecule has 1 aromatic carbocycles. The van der Waals surface area contributed by atoms with E-state index in [1.165, 1.54) is 18.9 Å². The van der Waals surface area contributed by atoms with Gasteiger partial charge < -0.3 is 17.0 Å². The predicted molar refractivity (Wildman–Crippen MR) is 82.4 cm³/mol. The van der Waals surface area contributed by atoms with Crippen LogP contribution in [0.3, 0.4) is 0 Å². The standard InChI is InChI=1S/C7H9Si.2C5H5.BrH.Zr/c8-6-7-4-2-1-3-5-7;2*1-2-4-5-3-1;;/h1-5H,6,8H2;2*1-3H,4H2;1H;/q;;;;+1/p-1. The summed E-state index contributed by atoms with van der Waals surface area (Å²) in [5, 5.41) is 0. The van der Waals surface area contributed by atoms with E-state index in [0.29, 0.717) is 0 Å². The first-order chi connectivity index (χ1) is 9.43. The van der Waals surface area contributed by atoms with E-state index < -0.39 is 20.9 Å². The van der Waals surface area contributed by atoms with Crippen molar-refractivity contribution in [3.05, 3.63) is 78.9 Å². The fourth-order valence-electron chi connectivity index (χ4n) is 2.78. The molecule has 2 aliphatic rings. The van der Waals surface area contributed by atoms with Gasteiger partial charge in [0.05, 0.1) is 0 Å². The number of rotatable bonds is 5. The van der Waals surface area contributed by atoms with Crippen LogP contribution in [0.2, 0.25) is 0 Å². The Bertz CT molecular complexity index is 528. The van der Waals surface area contributed by atoms with Crippen molar-refractivity contribution in [2.24, 2.45) is 0 Å². The molecule has 3 rings (SSSR count). The molecule has 0 N–H and O–H groups in total. The van der Waals surface area contributed by atoms with Gasteiger partial charge in [-0.25, -0.2) is 0 Å². The van der Waals surface area contributed by atoms with E-state index in [-0.39, 0.29) is 23.6 Å². The van der Waals surface area contributed by atoms with E-state index in [9.17, 15) is 0 Å². The number of benzene rings is 1. The zero-order valence-corrected chi connectivity index (χ0v) is 17.0. The summed E-state index contributed by atoms with van der Waals surface area (Å²) in [5.74, 6) is 0. The molecule has 20 heavy (non-hydrogen) atoms. The van der Waals surface area contributed by atoms with Crippen LogP contribution >= 0.6 is 0 Å². The van der Waals surface area contributed by atoms with Gasteiger partial charge in [-0.1, -0.05) is 0 Å². The molecule has 0 bridgehead atoms. The van der Waals surface area contributed by atoms with Crippen LogP contribution in [-0.4, -0.2) is 6.65 Å². The van der Waals surface area contributed by atoms with Crippen molar-refractivity contribution < 1.29 is 37.9 Å². The molecule has 0 aromatic heterocycles. The maximum absolute atomic E-state index is 2.44. The van der Waals surface area contributed by atoms with E-state index in [0.717, 1.165) is 0 Å². The summed E-state index contributed by atoms with van der Waals surface area (Å²) in [4.78, 5) is 0. The summed E-state index contributed by atoms with van der Waals surface area (Å²) in [6.07, 6.45) is 16.6. The second kappa shape index (κ2) is 8.26. The molecule has 0 spiro atoms. The number of allylic oxidation sites excluding steroid dienone is 8. The molecule has 102 valence electrons. The maximum atomic E-state index is 2.44. The van der Waals surface area contributed by atoms with E-state index in [4.69, 9.17) is 0 Å². The average molecular weight is 423 g/mol. The van der Waals surface area contributed by atoms with E-state index >= 15 is 0 Å². The van der Waals surface area contributed by atoms with Gasteiger partial charge >= 0.3 is 125 Å². The van der Waals surface area contributed by atoms with Crippen LogP contribution in [0.15, 0.2) is 73.3 Å². The van der Waals surface area contributed by atoms with Crippen molar-refractivity contribution in [3.63, 3.8) is 0 Å². The average Bonchev–Trinajstić information content (AvgIpc) is 3.13. The topological polar surface area (TPSA) is 0 Å².